The van der Waals surface area contributed by atoms with Crippen molar-refractivity contribution < 1.29 is 0 Å². The lowest BCUT2D eigenvalue weighted by molar-refractivity contribution is 0.480. The summed E-state index contributed by atoms with van der Waals surface area (Å²) in [6.07, 6.45) is 16.5. The second kappa shape index (κ2) is 7.88. The van der Waals surface area contributed by atoms with Gasteiger partial charge in [0.25, 0.3) is 0 Å². The standard InChI is InChI=1S/C13H26IN/c14-13(15)11-9-7-5-3-1-2-4-6-8-10-12-13/h1-12,15H2. The highest BCUT2D eigenvalue weighted by atomic mass is 127. The molecule has 0 aliphatic heterocycles. The fourth-order valence-electron chi connectivity index (χ4n) is 2.38. The van der Waals surface area contributed by atoms with E-state index < -0.39 is 0 Å². The summed E-state index contributed by atoms with van der Waals surface area (Å²) < 4.78 is 0.0891. The molecule has 1 saturated carbocycles. The Balaban J connectivity index is 2.24. The maximum absolute atomic E-state index is 6.28. The van der Waals surface area contributed by atoms with Crippen molar-refractivity contribution in [3.8, 4) is 0 Å². The van der Waals surface area contributed by atoms with Crippen LogP contribution in [0.15, 0.2) is 0 Å². The smallest absolute Gasteiger partial charge is 0.0680 e. The lowest BCUT2D eigenvalue weighted by atomic mass is 10.0. The molecule has 2 N–H and O–H groups in total. The summed E-state index contributed by atoms with van der Waals surface area (Å²) in [6, 6.07) is 0. The van der Waals surface area contributed by atoms with Crippen LogP contribution in [0.1, 0.15) is 77.0 Å². The molecule has 0 saturated heterocycles. The molecule has 0 bridgehead atoms. The van der Waals surface area contributed by atoms with E-state index in [4.69, 9.17) is 5.73 Å². The molecule has 0 amide bonds. The summed E-state index contributed by atoms with van der Waals surface area (Å²) in [4.78, 5) is 0. The summed E-state index contributed by atoms with van der Waals surface area (Å²) in [5.74, 6) is 0. The Hall–Kier alpha value is 0.690. The van der Waals surface area contributed by atoms with E-state index in [1.807, 2.05) is 0 Å². The monoisotopic (exact) mass is 323 g/mol. The Morgan fingerprint density at radius 2 is 0.867 bits per heavy atom. The lowest BCUT2D eigenvalue weighted by Gasteiger charge is -2.22. The van der Waals surface area contributed by atoms with E-state index in [-0.39, 0.29) is 3.55 Å². The van der Waals surface area contributed by atoms with Crippen LogP contribution in [0.2, 0.25) is 0 Å². The van der Waals surface area contributed by atoms with Gasteiger partial charge in [0.2, 0.25) is 0 Å². The summed E-state index contributed by atoms with van der Waals surface area (Å²) in [5.41, 5.74) is 6.28. The Morgan fingerprint density at radius 3 is 1.20 bits per heavy atom. The molecule has 0 unspecified atom stereocenters. The Kier molecular flexibility index (Phi) is 7.23. The molecule has 0 radical (unpaired) electrons. The number of halogens is 1. The molecule has 1 fully saturated rings. The quantitative estimate of drug-likeness (QED) is 0.388. The van der Waals surface area contributed by atoms with Gasteiger partial charge in [-0.15, -0.1) is 0 Å². The molecule has 1 nitrogen and oxygen atoms in total. The lowest BCUT2D eigenvalue weighted by Crippen LogP contribution is -2.31. The van der Waals surface area contributed by atoms with Gasteiger partial charge < -0.3 is 5.73 Å². The number of hydrogen-bond acceptors (Lipinski definition) is 1. The number of rotatable bonds is 0. The molecule has 1 aliphatic rings. The third kappa shape index (κ3) is 7.56. The molecule has 90 valence electrons. The normalized spacial score (nSPS) is 26.0. The van der Waals surface area contributed by atoms with Crippen LogP contribution in [0, 0.1) is 0 Å². The van der Waals surface area contributed by atoms with Crippen molar-refractivity contribution in [2.75, 3.05) is 0 Å². The zero-order valence-corrected chi connectivity index (χ0v) is 12.1. The van der Waals surface area contributed by atoms with Gasteiger partial charge in [0.15, 0.2) is 0 Å². The first-order chi connectivity index (χ1) is 7.21. The second-order valence-corrected chi connectivity index (χ2v) is 7.22. The van der Waals surface area contributed by atoms with Gasteiger partial charge >= 0.3 is 0 Å². The largest absolute Gasteiger partial charge is 0.317 e. The van der Waals surface area contributed by atoms with E-state index in [2.05, 4.69) is 22.6 Å². The van der Waals surface area contributed by atoms with Gasteiger partial charge in [0, 0.05) is 0 Å². The average Bonchev–Trinajstić information content (AvgIpc) is 2.20. The Bertz CT molecular complexity index is 141. The molecule has 15 heavy (non-hydrogen) atoms. The molecule has 0 heterocycles. The minimum Gasteiger partial charge on any atom is -0.317 e. The molecule has 2 heteroatoms. The molecule has 0 spiro atoms. The van der Waals surface area contributed by atoms with Gasteiger partial charge in [0.1, 0.15) is 0 Å². The SMILES string of the molecule is NC1(I)CCCCCCCCCCCC1. The molecule has 0 atom stereocenters. The maximum atomic E-state index is 6.28. The second-order valence-electron chi connectivity index (χ2n) is 5.07. The van der Waals surface area contributed by atoms with Crippen LogP contribution in [0.4, 0.5) is 0 Å². The summed E-state index contributed by atoms with van der Waals surface area (Å²) >= 11 is 2.47. The zero-order valence-electron chi connectivity index (χ0n) is 9.94. The van der Waals surface area contributed by atoms with Gasteiger partial charge in [-0.2, -0.15) is 0 Å². The predicted octanol–water partition coefficient (Wildman–Crippen LogP) is 4.77. The first-order valence-corrected chi connectivity index (χ1v) is 7.76. The van der Waals surface area contributed by atoms with Crippen LogP contribution in [0.25, 0.3) is 0 Å². The molecular weight excluding hydrogens is 297 g/mol. The van der Waals surface area contributed by atoms with Crippen molar-refractivity contribution in [2.45, 2.75) is 80.6 Å². The van der Waals surface area contributed by atoms with Crippen LogP contribution in [0.3, 0.4) is 0 Å². The molecule has 0 aromatic rings. The summed E-state index contributed by atoms with van der Waals surface area (Å²) in [7, 11) is 0. The Labute approximate surface area is 109 Å². The van der Waals surface area contributed by atoms with Crippen LogP contribution >= 0.6 is 22.6 Å². The van der Waals surface area contributed by atoms with Crippen LogP contribution in [-0.2, 0) is 0 Å². The first kappa shape index (κ1) is 13.8. The third-order valence-corrected chi connectivity index (χ3v) is 4.51. The van der Waals surface area contributed by atoms with E-state index >= 15 is 0 Å². The van der Waals surface area contributed by atoms with E-state index in [0.717, 1.165) is 0 Å². The predicted molar refractivity (Wildman–Crippen MR) is 76.3 cm³/mol. The van der Waals surface area contributed by atoms with Crippen molar-refractivity contribution in [2.24, 2.45) is 5.73 Å². The first-order valence-electron chi connectivity index (χ1n) is 6.68. The van der Waals surface area contributed by atoms with Gasteiger partial charge in [-0.25, -0.2) is 0 Å². The average molecular weight is 323 g/mol. The maximum Gasteiger partial charge on any atom is 0.0680 e. The van der Waals surface area contributed by atoms with E-state index in [1.54, 1.807) is 0 Å². The fraction of sp³-hybridized carbons (Fsp3) is 1.00. The number of alkyl halides is 1. The number of nitrogens with two attached hydrogens (primary N) is 1. The number of hydrogen-bond donors (Lipinski definition) is 1. The highest BCUT2D eigenvalue weighted by Crippen LogP contribution is 2.27. The van der Waals surface area contributed by atoms with Gasteiger partial charge in [-0.05, 0) is 12.8 Å². The van der Waals surface area contributed by atoms with Crippen molar-refractivity contribution in [1.29, 1.82) is 0 Å². The van der Waals surface area contributed by atoms with Crippen molar-refractivity contribution in [1.82, 2.24) is 0 Å². The molecule has 0 aromatic carbocycles. The van der Waals surface area contributed by atoms with Gasteiger partial charge in [0.05, 0.1) is 3.55 Å². The molecule has 1 rings (SSSR count). The van der Waals surface area contributed by atoms with Crippen molar-refractivity contribution in [3.63, 3.8) is 0 Å². The third-order valence-electron chi connectivity index (χ3n) is 3.43. The van der Waals surface area contributed by atoms with Crippen LogP contribution in [0.5, 0.6) is 0 Å². The van der Waals surface area contributed by atoms with E-state index in [9.17, 15) is 0 Å². The molecule has 0 aromatic heterocycles. The minimum absolute atomic E-state index is 0.0891. The highest BCUT2D eigenvalue weighted by Gasteiger charge is 2.19. The topological polar surface area (TPSA) is 26.0 Å². The molecular formula is C13H26IN. The fourth-order valence-corrected chi connectivity index (χ4v) is 3.14. The van der Waals surface area contributed by atoms with Gasteiger partial charge in [-0.1, -0.05) is 86.8 Å². The van der Waals surface area contributed by atoms with Gasteiger partial charge in [-0.3, -0.25) is 0 Å². The highest BCUT2D eigenvalue weighted by molar-refractivity contribution is 14.1. The van der Waals surface area contributed by atoms with E-state index in [0.29, 0.717) is 0 Å². The summed E-state index contributed by atoms with van der Waals surface area (Å²) in [6.45, 7) is 0. The van der Waals surface area contributed by atoms with Crippen LogP contribution in [-0.4, -0.2) is 3.55 Å². The van der Waals surface area contributed by atoms with Crippen LogP contribution < -0.4 is 5.73 Å². The Morgan fingerprint density at radius 1 is 0.600 bits per heavy atom. The summed E-state index contributed by atoms with van der Waals surface area (Å²) in [5, 5.41) is 0. The van der Waals surface area contributed by atoms with E-state index in [1.165, 1.54) is 77.0 Å². The van der Waals surface area contributed by atoms with Crippen molar-refractivity contribution in [3.05, 3.63) is 0 Å². The molecule has 1 aliphatic carbocycles. The van der Waals surface area contributed by atoms with Crippen molar-refractivity contribution >= 4 is 22.6 Å². The zero-order chi connectivity index (χ0) is 11.0. The minimum atomic E-state index is 0.0891.